The molecule has 1 atom stereocenters. The normalized spacial score (nSPS) is 10.1. The topological polar surface area (TPSA) is 111 Å². The van der Waals surface area contributed by atoms with E-state index in [0.717, 1.165) is 0 Å². The van der Waals surface area contributed by atoms with Gasteiger partial charge in [0.15, 0.2) is 0 Å². The third-order valence-electron chi connectivity index (χ3n) is 1.73. The molecule has 1 unspecified atom stereocenters. The summed E-state index contributed by atoms with van der Waals surface area (Å²) in [7, 11) is 2.50. The van der Waals surface area contributed by atoms with Gasteiger partial charge in [-0.2, -0.15) is 0 Å². The lowest BCUT2D eigenvalue weighted by Crippen LogP contribution is -2.37. The van der Waals surface area contributed by atoms with Crippen molar-refractivity contribution in [1.29, 1.82) is 0 Å². The van der Waals surface area contributed by atoms with E-state index >= 15 is 0 Å². The van der Waals surface area contributed by atoms with Crippen molar-refractivity contribution < 1.29 is 30.1 Å². The van der Waals surface area contributed by atoms with Gasteiger partial charge >= 0.3 is 11.9 Å². The van der Waals surface area contributed by atoms with E-state index in [-0.39, 0.29) is 18.9 Å². The molecule has 0 rings (SSSR count). The van der Waals surface area contributed by atoms with Crippen LogP contribution in [0.3, 0.4) is 0 Å². The second-order valence-corrected chi connectivity index (χ2v) is 3.60. The van der Waals surface area contributed by atoms with E-state index in [0.29, 0.717) is 0 Å². The zero-order valence-electron chi connectivity index (χ0n) is 12.2. The van der Waals surface area contributed by atoms with Crippen molar-refractivity contribution in [3.05, 3.63) is 12.3 Å². The van der Waals surface area contributed by atoms with Crippen LogP contribution in [0.1, 0.15) is 22.2 Å². The maximum absolute atomic E-state index is 10.6. The zero-order valence-corrected chi connectivity index (χ0v) is 12.2. The highest BCUT2D eigenvalue weighted by atomic mass is 16.5. The molecule has 0 fully saturated rings. The molecule has 20 heavy (non-hydrogen) atoms. The predicted molar refractivity (Wildman–Crippen MR) is 72.4 cm³/mol. The van der Waals surface area contributed by atoms with Crippen LogP contribution in [-0.2, 0) is 28.7 Å². The molecule has 0 bridgehead atoms. The Morgan fingerprint density at radius 1 is 1.05 bits per heavy atom. The van der Waals surface area contributed by atoms with Gasteiger partial charge in [-0.1, -0.05) is 6.58 Å². The first-order valence-corrected chi connectivity index (χ1v) is 5.55. The molecule has 2 N–H and O–H groups in total. The molecular formula is C12H22N2O6. The maximum atomic E-state index is 10.6. The van der Waals surface area contributed by atoms with E-state index in [4.69, 9.17) is 0 Å². The van der Waals surface area contributed by atoms with Gasteiger partial charge in [-0.05, 0) is 6.92 Å². The molecule has 0 aromatic carbocycles. The SMILES string of the molecule is C=C(NC(C)=O)C(=O)OC.COC(=O)C(C)NC(C)=O.[HH]. The van der Waals surface area contributed by atoms with Crippen molar-refractivity contribution in [3.63, 3.8) is 0 Å². The van der Waals surface area contributed by atoms with Crippen LogP contribution < -0.4 is 10.6 Å². The molecule has 116 valence electrons. The number of hydrogen-bond donors (Lipinski definition) is 2. The molecule has 0 aliphatic heterocycles. The lowest BCUT2D eigenvalue weighted by molar-refractivity contribution is -0.144. The first kappa shape index (κ1) is 19.9. The van der Waals surface area contributed by atoms with E-state index in [1.807, 2.05) is 0 Å². The standard InChI is InChI=1S/C6H11NO3.C6H9NO3.H2/c2*1-4(6(9)10-3)7-5(2)8;/h4H,1-3H3,(H,7,8);1H2,2-3H3,(H,7,8);1H. The average Bonchev–Trinajstić information content (AvgIpc) is 2.35. The molecule has 0 spiro atoms. The molecule has 0 aliphatic carbocycles. The van der Waals surface area contributed by atoms with Crippen LogP contribution in [0.25, 0.3) is 0 Å². The number of nitrogens with one attached hydrogen (secondary N) is 2. The van der Waals surface area contributed by atoms with Gasteiger partial charge < -0.3 is 20.1 Å². The Kier molecular flexibility index (Phi) is 10.5. The minimum atomic E-state index is -0.629. The van der Waals surface area contributed by atoms with Crippen molar-refractivity contribution in [2.45, 2.75) is 26.8 Å². The van der Waals surface area contributed by atoms with Crippen LogP contribution in [0.2, 0.25) is 0 Å². The van der Waals surface area contributed by atoms with Crippen molar-refractivity contribution in [3.8, 4) is 0 Å². The van der Waals surface area contributed by atoms with Crippen molar-refractivity contribution >= 4 is 23.8 Å². The molecule has 0 saturated heterocycles. The molecule has 8 nitrogen and oxygen atoms in total. The molecule has 0 radical (unpaired) electrons. The second kappa shape index (κ2) is 10.5. The van der Waals surface area contributed by atoms with Gasteiger partial charge in [0.1, 0.15) is 11.7 Å². The number of amides is 2. The largest absolute Gasteiger partial charge is 0.467 e. The maximum Gasteiger partial charge on any atom is 0.353 e. The second-order valence-electron chi connectivity index (χ2n) is 3.60. The first-order chi connectivity index (χ1) is 9.15. The van der Waals surface area contributed by atoms with Crippen LogP contribution in [0, 0.1) is 0 Å². The fourth-order valence-electron chi connectivity index (χ4n) is 0.927. The Balaban J connectivity index is -0.000000295. The van der Waals surface area contributed by atoms with Crippen LogP contribution >= 0.6 is 0 Å². The number of carbonyl (C=O) groups excluding carboxylic acids is 4. The summed E-state index contributed by atoms with van der Waals surface area (Å²) >= 11 is 0. The molecule has 0 aromatic heterocycles. The van der Waals surface area contributed by atoms with Crippen molar-refractivity contribution in [2.75, 3.05) is 14.2 Å². The summed E-state index contributed by atoms with van der Waals surface area (Å²) in [6.07, 6.45) is 0. The van der Waals surface area contributed by atoms with Crippen molar-refractivity contribution in [1.82, 2.24) is 10.6 Å². The Bertz CT molecular complexity index is 397. The third kappa shape index (κ3) is 10.8. The summed E-state index contributed by atoms with van der Waals surface area (Å²) in [4.78, 5) is 41.8. The molecule has 8 heteroatoms. The first-order valence-electron chi connectivity index (χ1n) is 5.55. The molecule has 0 aliphatic rings. The number of esters is 2. The Hall–Kier alpha value is -2.38. The molecular weight excluding hydrogens is 268 g/mol. The van der Waals surface area contributed by atoms with E-state index in [1.165, 1.54) is 28.1 Å². The number of rotatable bonds is 4. The fourth-order valence-corrected chi connectivity index (χ4v) is 0.927. The number of methoxy groups -OCH3 is 2. The van der Waals surface area contributed by atoms with Gasteiger partial charge in [-0.15, -0.1) is 0 Å². The van der Waals surface area contributed by atoms with Crippen molar-refractivity contribution in [2.24, 2.45) is 0 Å². The van der Waals surface area contributed by atoms with Crippen LogP contribution in [0.5, 0.6) is 0 Å². The quantitative estimate of drug-likeness (QED) is 0.545. The summed E-state index contributed by atoms with van der Waals surface area (Å²) in [6.45, 7) is 7.45. The Morgan fingerprint density at radius 2 is 1.55 bits per heavy atom. The zero-order chi connectivity index (χ0) is 16.3. The summed E-state index contributed by atoms with van der Waals surface area (Å²) in [6, 6.07) is -0.553. The summed E-state index contributed by atoms with van der Waals surface area (Å²) in [5.74, 6) is -1.64. The fraction of sp³-hybridized carbons (Fsp3) is 0.500. The highest BCUT2D eigenvalue weighted by Crippen LogP contribution is 1.86. The average molecular weight is 290 g/mol. The smallest absolute Gasteiger partial charge is 0.353 e. The summed E-state index contributed by atoms with van der Waals surface area (Å²) in [5.41, 5.74) is -0.0463. The highest BCUT2D eigenvalue weighted by Gasteiger charge is 2.12. The number of hydrogen-bond acceptors (Lipinski definition) is 6. The minimum Gasteiger partial charge on any atom is -0.467 e. The monoisotopic (exact) mass is 290 g/mol. The molecule has 0 heterocycles. The highest BCUT2D eigenvalue weighted by molar-refractivity contribution is 5.92. The van der Waals surface area contributed by atoms with Crippen LogP contribution in [-0.4, -0.2) is 44.0 Å². The summed E-state index contributed by atoms with van der Waals surface area (Å²) in [5, 5.41) is 4.57. The van der Waals surface area contributed by atoms with Crippen LogP contribution in [0.4, 0.5) is 0 Å². The molecule has 0 saturated carbocycles. The van der Waals surface area contributed by atoms with Crippen LogP contribution in [0.15, 0.2) is 12.3 Å². The van der Waals surface area contributed by atoms with Gasteiger partial charge in [0.05, 0.1) is 14.2 Å². The van der Waals surface area contributed by atoms with E-state index in [1.54, 1.807) is 6.92 Å². The van der Waals surface area contributed by atoms with Gasteiger partial charge in [0, 0.05) is 15.3 Å². The molecule has 2 amide bonds. The van der Waals surface area contributed by atoms with Gasteiger partial charge in [-0.3, -0.25) is 9.59 Å². The molecule has 0 aromatic rings. The van der Waals surface area contributed by atoms with E-state index in [9.17, 15) is 19.2 Å². The number of ether oxygens (including phenoxy) is 2. The Morgan fingerprint density at radius 3 is 1.85 bits per heavy atom. The van der Waals surface area contributed by atoms with Gasteiger partial charge in [0.2, 0.25) is 11.8 Å². The predicted octanol–water partition coefficient (Wildman–Crippen LogP) is -0.261. The van der Waals surface area contributed by atoms with Gasteiger partial charge in [-0.25, -0.2) is 9.59 Å². The minimum absolute atomic E-state index is 0. The lowest BCUT2D eigenvalue weighted by atomic mass is 10.3. The lowest BCUT2D eigenvalue weighted by Gasteiger charge is -2.08. The van der Waals surface area contributed by atoms with E-state index < -0.39 is 18.0 Å². The third-order valence-corrected chi connectivity index (χ3v) is 1.73. The van der Waals surface area contributed by atoms with Gasteiger partial charge in [0.25, 0.3) is 0 Å². The number of carbonyl (C=O) groups is 4. The van der Waals surface area contributed by atoms with E-state index in [2.05, 4.69) is 26.7 Å². The Labute approximate surface area is 119 Å². The summed E-state index contributed by atoms with van der Waals surface area (Å²) < 4.78 is 8.62.